The average molecular weight is 192 g/mol. The van der Waals surface area contributed by atoms with Crippen LogP contribution in [-0.4, -0.2) is 26.2 Å². The van der Waals surface area contributed by atoms with Crippen molar-refractivity contribution in [2.75, 3.05) is 26.2 Å². The van der Waals surface area contributed by atoms with E-state index < -0.39 is 0 Å². The molecule has 0 spiro atoms. The molecule has 2 N–H and O–H groups in total. The highest BCUT2D eigenvalue weighted by atomic mass is 14.8. The Morgan fingerprint density at radius 2 is 1.14 bits per heavy atom. The van der Waals surface area contributed by atoms with Gasteiger partial charge < -0.3 is 10.6 Å². The van der Waals surface area contributed by atoms with E-state index in [2.05, 4.69) is 22.5 Å². The van der Waals surface area contributed by atoms with E-state index in [9.17, 15) is 0 Å². The van der Waals surface area contributed by atoms with Crippen molar-refractivity contribution in [1.29, 1.82) is 0 Å². The Balaban J connectivity index is 2.86. The average Bonchev–Trinajstić information content (AvgIpc) is 2.21. The number of hydrogen-bond acceptors (Lipinski definition) is 2. The molecule has 0 aromatic heterocycles. The van der Waals surface area contributed by atoms with Crippen molar-refractivity contribution in [2.45, 2.75) is 25.7 Å². The smallest absolute Gasteiger partial charge is 0.0573 e. The summed E-state index contributed by atoms with van der Waals surface area (Å²) in [5.74, 6) is 5.11. The minimum absolute atomic E-state index is 0.684. The summed E-state index contributed by atoms with van der Waals surface area (Å²) in [5.41, 5.74) is 0. The molecule has 14 heavy (non-hydrogen) atoms. The van der Waals surface area contributed by atoms with Gasteiger partial charge in [-0.3, -0.25) is 0 Å². The van der Waals surface area contributed by atoms with Gasteiger partial charge >= 0.3 is 0 Å². The minimum atomic E-state index is 0.684. The summed E-state index contributed by atoms with van der Waals surface area (Å²) in [4.78, 5) is 0. The van der Waals surface area contributed by atoms with Gasteiger partial charge in [0.05, 0.1) is 13.1 Å². The van der Waals surface area contributed by atoms with Crippen LogP contribution in [0.15, 0.2) is 0 Å². The van der Waals surface area contributed by atoms with Crippen molar-refractivity contribution in [2.24, 2.45) is 0 Å². The van der Waals surface area contributed by atoms with Crippen LogP contribution in [0, 0.1) is 24.7 Å². The highest BCUT2D eigenvalue weighted by Crippen LogP contribution is 1.97. The molecule has 0 atom stereocenters. The molecule has 0 aromatic carbocycles. The Labute approximate surface area is 87.9 Å². The van der Waals surface area contributed by atoms with Crippen molar-refractivity contribution in [3.63, 3.8) is 0 Å². The lowest BCUT2D eigenvalue weighted by atomic mass is 10.2. The van der Waals surface area contributed by atoms with Gasteiger partial charge in [0.2, 0.25) is 0 Å². The van der Waals surface area contributed by atoms with Crippen LogP contribution in [0.1, 0.15) is 25.7 Å². The predicted octanol–water partition coefficient (Wildman–Crippen LogP) is 0.992. The minimum Gasteiger partial charge on any atom is -0.306 e. The lowest BCUT2D eigenvalue weighted by molar-refractivity contribution is 0.587. The fourth-order valence-corrected chi connectivity index (χ4v) is 1.17. The van der Waals surface area contributed by atoms with E-state index in [1.54, 1.807) is 0 Å². The number of rotatable bonds is 9. The van der Waals surface area contributed by atoms with Gasteiger partial charge in [-0.05, 0) is 25.9 Å². The first kappa shape index (κ1) is 13.0. The maximum absolute atomic E-state index is 5.10. The van der Waals surface area contributed by atoms with Crippen molar-refractivity contribution < 1.29 is 0 Å². The third-order valence-corrected chi connectivity index (χ3v) is 1.91. The first-order valence-corrected chi connectivity index (χ1v) is 5.20. The molecule has 0 saturated heterocycles. The van der Waals surface area contributed by atoms with Crippen LogP contribution >= 0.6 is 0 Å². The Kier molecular flexibility index (Phi) is 11.2. The highest BCUT2D eigenvalue weighted by Gasteiger charge is 1.89. The SMILES string of the molecule is C#CCNCCCCCCNCC#C. The molecule has 2 nitrogen and oxygen atoms in total. The standard InChI is InChI=1S/C12H20N2/c1-3-9-13-11-7-5-6-8-12-14-10-4-2/h1-2,13-14H,5-12H2. The van der Waals surface area contributed by atoms with Gasteiger partial charge in [0, 0.05) is 0 Å². The Hall–Kier alpha value is -0.960. The summed E-state index contributed by atoms with van der Waals surface area (Å²) in [6, 6.07) is 0. The summed E-state index contributed by atoms with van der Waals surface area (Å²) >= 11 is 0. The third-order valence-electron chi connectivity index (χ3n) is 1.91. The number of terminal acetylenes is 2. The van der Waals surface area contributed by atoms with E-state index in [1.807, 2.05) is 0 Å². The van der Waals surface area contributed by atoms with Crippen LogP contribution in [0.2, 0.25) is 0 Å². The van der Waals surface area contributed by atoms with Gasteiger partial charge in [-0.15, -0.1) is 12.8 Å². The first-order chi connectivity index (χ1) is 6.91. The lowest BCUT2D eigenvalue weighted by Crippen LogP contribution is -2.16. The topological polar surface area (TPSA) is 24.1 Å². The normalized spacial score (nSPS) is 9.29. The fraction of sp³-hybridized carbons (Fsp3) is 0.667. The van der Waals surface area contributed by atoms with Crippen LogP contribution < -0.4 is 10.6 Å². The second kappa shape index (κ2) is 12.0. The molecule has 0 aliphatic rings. The molecule has 78 valence electrons. The second-order valence-corrected chi connectivity index (χ2v) is 3.18. The Bertz CT molecular complexity index is 163. The molecular weight excluding hydrogens is 172 g/mol. The summed E-state index contributed by atoms with van der Waals surface area (Å²) in [5, 5.41) is 6.34. The molecule has 0 unspecified atom stereocenters. The van der Waals surface area contributed by atoms with Gasteiger partial charge in [0.15, 0.2) is 0 Å². The van der Waals surface area contributed by atoms with Crippen LogP contribution in [0.5, 0.6) is 0 Å². The largest absolute Gasteiger partial charge is 0.306 e. The van der Waals surface area contributed by atoms with Gasteiger partial charge in [-0.25, -0.2) is 0 Å². The monoisotopic (exact) mass is 192 g/mol. The fourth-order valence-electron chi connectivity index (χ4n) is 1.17. The summed E-state index contributed by atoms with van der Waals surface area (Å²) in [7, 11) is 0. The molecule has 0 radical (unpaired) electrons. The molecule has 0 saturated carbocycles. The van der Waals surface area contributed by atoms with Crippen molar-refractivity contribution in [3.05, 3.63) is 0 Å². The zero-order valence-electron chi connectivity index (χ0n) is 8.81. The molecule has 0 aromatic rings. The molecular formula is C12H20N2. The molecule has 0 amide bonds. The molecule has 0 rings (SSSR count). The zero-order valence-corrected chi connectivity index (χ0v) is 8.81. The summed E-state index contributed by atoms with van der Waals surface area (Å²) in [6.07, 6.45) is 15.1. The molecule has 2 heteroatoms. The number of unbranched alkanes of at least 4 members (excludes halogenated alkanes) is 3. The molecule has 0 aliphatic heterocycles. The van der Waals surface area contributed by atoms with Crippen LogP contribution in [0.4, 0.5) is 0 Å². The van der Waals surface area contributed by atoms with Crippen molar-refractivity contribution in [1.82, 2.24) is 10.6 Å². The third kappa shape index (κ3) is 11.0. The van der Waals surface area contributed by atoms with Gasteiger partial charge in [0.25, 0.3) is 0 Å². The summed E-state index contributed by atoms with van der Waals surface area (Å²) < 4.78 is 0. The van der Waals surface area contributed by atoms with Gasteiger partial charge in [-0.1, -0.05) is 24.7 Å². The number of nitrogens with one attached hydrogen (secondary N) is 2. The van der Waals surface area contributed by atoms with E-state index in [-0.39, 0.29) is 0 Å². The van der Waals surface area contributed by atoms with Crippen LogP contribution in [0.3, 0.4) is 0 Å². The molecule has 0 aliphatic carbocycles. The van der Waals surface area contributed by atoms with Gasteiger partial charge in [-0.2, -0.15) is 0 Å². The predicted molar refractivity (Wildman–Crippen MR) is 61.9 cm³/mol. The van der Waals surface area contributed by atoms with E-state index in [4.69, 9.17) is 12.8 Å². The maximum Gasteiger partial charge on any atom is 0.0573 e. The van der Waals surface area contributed by atoms with E-state index in [0.717, 1.165) is 13.1 Å². The zero-order chi connectivity index (χ0) is 10.5. The lowest BCUT2D eigenvalue weighted by Gasteiger charge is -2.02. The van der Waals surface area contributed by atoms with Crippen molar-refractivity contribution in [3.8, 4) is 24.7 Å². The van der Waals surface area contributed by atoms with E-state index in [1.165, 1.54) is 25.7 Å². The van der Waals surface area contributed by atoms with E-state index in [0.29, 0.717) is 13.1 Å². The van der Waals surface area contributed by atoms with E-state index >= 15 is 0 Å². The Morgan fingerprint density at radius 3 is 1.50 bits per heavy atom. The molecule has 0 bridgehead atoms. The molecule has 0 fully saturated rings. The number of hydrogen-bond donors (Lipinski definition) is 2. The second-order valence-electron chi connectivity index (χ2n) is 3.18. The summed E-state index contributed by atoms with van der Waals surface area (Å²) in [6.45, 7) is 3.43. The Morgan fingerprint density at radius 1 is 0.714 bits per heavy atom. The quantitative estimate of drug-likeness (QED) is 0.420. The molecule has 0 heterocycles. The van der Waals surface area contributed by atoms with Crippen LogP contribution in [-0.2, 0) is 0 Å². The van der Waals surface area contributed by atoms with Gasteiger partial charge in [0.1, 0.15) is 0 Å². The maximum atomic E-state index is 5.10. The van der Waals surface area contributed by atoms with Crippen molar-refractivity contribution >= 4 is 0 Å². The first-order valence-electron chi connectivity index (χ1n) is 5.20. The highest BCUT2D eigenvalue weighted by molar-refractivity contribution is 4.86. The van der Waals surface area contributed by atoms with Crippen LogP contribution in [0.25, 0.3) is 0 Å².